The second kappa shape index (κ2) is 7.43. The molecule has 1 amide bonds. The minimum atomic E-state index is -0.326. The molecule has 22 heavy (non-hydrogen) atoms. The number of rotatable bonds is 5. The lowest BCUT2D eigenvalue weighted by atomic mass is 10.0. The Balaban J connectivity index is 2.29. The number of nitrogens with zero attached hydrogens (tertiary/aromatic N) is 2. The molecule has 0 aliphatic rings. The average molecular weight is 317 g/mol. The molecule has 2 aromatic rings. The number of amides is 1. The number of hydrogen-bond acceptors (Lipinski definition) is 2. The molecule has 1 atom stereocenters. The van der Waals surface area contributed by atoms with Gasteiger partial charge in [0.2, 0.25) is 5.91 Å². The van der Waals surface area contributed by atoms with Crippen LogP contribution in [0.2, 0.25) is 5.02 Å². The van der Waals surface area contributed by atoms with Gasteiger partial charge >= 0.3 is 0 Å². The number of benzene rings is 2. The Morgan fingerprint density at radius 3 is 2.18 bits per heavy atom. The molecule has 0 unspecified atom stereocenters. The van der Waals surface area contributed by atoms with E-state index in [1.807, 2.05) is 66.5 Å². The van der Waals surface area contributed by atoms with E-state index >= 15 is 0 Å². The van der Waals surface area contributed by atoms with Crippen molar-refractivity contribution in [1.29, 1.82) is 0 Å². The summed E-state index contributed by atoms with van der Waals surface area (Å²) < 4.78 is 0. The summed E-state index contributed by atoms with van der Waals surface area (Å²) in [6, 6.07) is 17.2. The van der Waals surface area contributed by atoms with Crippen molar-refractivity contribution in [2.24, 2.45) is 0 Å². The van der Waals surface area contributed by atoms with Crippen molar-refractivity contribution in [3.05, 3.63) is 70.7 Å². The average Bonchev–Trinajstić information content (AvgIpc) is 2.50. The maximum atomic E-state index is 12.6. The van der Waals surface area contributed by atoms with Gasteiger partial charge < -0.3 is 4.90 Å². The normalized spacial score (nSPS) is 12.2. The maximum Gasteiger partial charge on any atom is 0.244 e. The van der Waals surface area contributed by atoms with Crippen molar-refractivity contribution < 1.29 is 4.79 Å². The summed E-state index contributed by atoms with van der Waals surface area (Å²) in [5.74, 6) is 0.0563. The molecule has 0 radical (unpaired) electrons. The number of likely N-dealkylation sites (N-methyl/N-ethyl adjacent to an activating group) is 2. The minimum Gasteiger partial charge on any atom is -0.347 e. The van der Waals surface area contributed by atoms with E-state index in [0.29, 0.717) is 6.54 Å². The zero-order chi connectivity index (χ0) is 16.1. The molecule has 2 aromatic carbocycles. The Morgan fingerprint density at radius 1 is 1.00 bits per heavy atom. The van der Waals surface area contributed by atoms with Crippen LogP contribution in [0.15, 0.2) is 54.6 Å². The van der Waals surface area contributed by atoms with Crippen molar-refractivity contribution in [3.8, 4) is 0 Å². The van der Waals surface area contributed by atoms with E-state index in [1.165, 1.54) is 0 Å². The van der Waals surface area contributed by atoms with Crippen LogP contribution in [0.3, 0.4) is 0 Å². The smallest absolute Gasteiger partial charge is 0.244 e. The molecule has 0 saturated carbocycles. The summed E-state index contributed by atoms with van der Waals surface area (Å²) in [7, 11) is 5.51. The van der Waals surface area contributed by atoms with Crippen LogP contribution < -0.4 is 0 Å². The van der Waals surface area contributed by atoms with Gasteiger partial charge in [-0.15, -0.1) is 0 Å². The standard InChI is InChI=1S/C18H21ClN2O/c1-20(2)18(22)17(14-9-5-4-6-10-14)21(3)13-15-11-7-8-12-16(15)19/h4-12,17H,13H2,1-3H3/t17-/m0/s1. The molecule has 0 saturated heterocycles. The molecule has 0 aliphatic heterocycles. The largest absolute Gasteiger partial charge is 0.347 e. The molecule has 0 bridgehead atoms. The van der Waals surface area contributed by atoms with E-state index < -0.39 is 0 Å². The van der Waals surface area contributed by atoms with Crippen LogP contribution in [0.25, 0.3) is 0 Å². The third kappa shape index (κ3) is 3.87. The molecule has 0 spiro atoms. The predicted molar refractivity (Wildman–Crippen MR) is 90.8 cm³/mol. The van der Waals surface area contributed by atoms with Gasteiger partial charge in [0.05, 0.1) is 0 Å². The van der Waals surface area contributed by atoms with Crippen molar-refractivity contribution in [2.45, 2.75) is 12.6 Å². The fraction of sp³-hybridized carbons (Fsp3) is 0.278. The Bertz CT molecular complexity index is 628. The van der Waals surface area contributed by atoms with E-state index in [0.717, 1.165) is 16.1 Å². The first-order chi connectivity index (χ1) is 10.5. The molecule has 0 heterocycles. The Hall–Kier alpha value is -1.84. The van der Waals surface area contributed by atoms with Gasteiger partial charge in [-0.25, -0.2) is 0 Å². The maximum absolute atomic E-state index is 12.6. The number of carbonyl (C=O) groups excluding carboxylic acids is 1. The van der Waals surface area contributed by atoms with Gasteiger partial charge in [0.15, 0.2) is 0 Å². The highest BCUT2D eigenvalue weighted by Gasteiger charge is 2.26. The van der Waals surface area contributed by atoms with Crippen LogP contribution in [0.4, 0.5) is 0 Å². The fourth-order valence-corrected chi connectivity index (χ4v) is 2.65. The van der Waals surface area contributed by atoms with Crippen molar-refractivity contribution in [2.75, 3.05) is 21.1 Å². The molecule has 0 aromatic heterocycles. The molecule has 0 fully saturated rings. The first-order valence-electron chi connectivity index (χ1n) is 7.20. The highest BCUT2D eigenvalue weighted by atomic mass is 35.5. The van der Waals surface area contributed by atoms with Crippen molar-refractivity contribution in [1.82, 2.24) is 9.80 Å². The van der Waals surface area contributed by atoms with E-state index in [4.69, 9.17) is 11.6 Å². The van der Waals surface area contributed by atoms with Crippen molar-refractivity contribution >= 4 is 17.5 Å². The first-order valence-corrected chi connectivity index (χ1v) is 7.58. The van der Waals surface area contributed by atoms with Crippen LogP contribution in [-0.4, -0.2) is 36.9 Å². The van der Waals surface area contributed by atoms with E-state index in [9.17, 15) is 4.79 Å². The molecule has 4 heteroatoms. The van der Waals surface area contributed by atoms with Crippen LogP contribution in [0, 0.1) is 0 Å². The van der Waals surface area contributed by atoms with Gasteiger partial charge in [-0.2, -0.15) is 0 Å². The second-order valence-corrected chi connectivity index (χ2v) is 5.96. The van der Waals surface area contributed by atoms with Crippen LogP contribution in [0.1, 0.15) is 17.2 Å². The highest BCUT2D eigenvalue weighted by Crippen LogP contribution is 2.25. The van der Waals surface area contributed by atoms with Gasteiger partial charge in [-0.1, -0.05) is 60.1 Å². The van der Waals surface area contributed by atoms with E-state index in [-0.39, 0.29) is 11.9 Å². The molecular formula is C18H21ClN2O. The molecule has 116 valence electrons. The molecule has 0 aliphatic carbocycles. The lowest BCUT2D eigenvalue weighted by molar-refractivity contribution is -0.134. The summed E-state index contributed by atoms with van der Waals surface area (Å²) in [5.41, 5.74) is 2.00. The fourth-order valence-electron chi connectivity index (χ4n) is 2.45. The second-order valence-electron chi connectivity index (χ2n) is 5.55. The summed E-state index contributed by atoms with van der Waals surface area (Å²) >= 11 is 6.24. The number of halogens is 1. The number of carbonyl (C=O) groups is 1. The Kier molecular flexibility index (Phi) is 5.58. The van der Waals surface area contributed by atoms with E-state index in [2.05, 4.69) is 0 Å². The summed E-state index contributed by atoms with van der Waals surface area (Å²) in [6.07, 6.45) is 0. The zero-order valence-corrected chi connectivity index (χ0v) is 13.9. The molecular weight excluding hydrogens is 296 g/mol. The van der Waals surface area contributed by atoms with Gasteiger partial charge in [0.1, 0.15) is 6.04 Å². The Labute approximate surface area is 137 Å². The van der Waals surface area contributed by atoms with Crippen molar-refractivity contribution in [3.63, 3.8) is 0 Å². The lowest BCUT2D eigenvalue weighted by Crippen LogP contribution is -2.37. The number of hydrogen-bond donors (Lipinski definition) is 0. The molecule has 3 nitrogen and oxygen atoms in total. The highest BCUT2D eigenvalue weighted by molar-refractivity contribution is 6.31. The van der Waals surface area contributed by atoms with Gasteiger partial charge in [-0.3, -0.25) is 9.69 Å². The summed E-state index contributed by atoms with van der Waals surface area (Å²) in [6.45, 7) is 0.610. The van der Waals surface area contributed by atoms with Crippen LogP contribution >= 0.6 is 11.6 Å². The third-order valence-electron chi connectivity index (χ3n) is 3.61. The van der Waals surface area contributed by atoms with Gasteiger partial charge in [0.25, 0.3) is 0 Å². The zero-order valence-electron chi connectivity index (χ0n) is 13.2. The topological polar surface area (TPSA) is 23.6 Å². The van der Waals surface area contributed by atoms with E-state index in [1.54, 1.807) is 19.0 Å². The monoisotopic (exact) mass is 316 g/mol. The van der Waals surface area contributed by atoms with Crippen LogP contribution in [-0.2, 0) is 11.3 Å². The van der Waals surface area contributed by atoms with Gasteiger partial charge in [-0.05, 0) is 24.2 Å². The van der Waals surface area contributed by atoms with Gasteiger partial charge in [0, 0.05) is 25.7 Å². The van der Waals surface area contributed by atoms with Crippen LogP contribution in [0.5, 0.6) is 0 Å². The SMILES string of the molecule is CN(C)C(=O)[C@H](c1ccccc1)N(C)Cc1ccccc1Cl. The lowest BCUT2D eigenvalue weighted by Gasteiger charge is -2.30. The Morgan fingerprint density at radius 2 is 1.59 bits per heavy atom. The summed E-state index contributed by atoms with van der Waals surface area (Å²) in [4.78, 5) is 16.3. The third-order valence-corrected chi connectivity index (χ3v) is 3.98. The minimum absolute atomic E-state index is 0.0563. The molecule has 0 N–H and O–H groups in total. The predicted octanol–water partition coefficient (Wildman–Crippen LogP) is 3.60. The quantitative estimate of drug-likeness (QED) is 0.841. The summed E-state index contributed by atoms with van der Waals surface area (Å²) in [5, 5.41) is 0.721. The molecule has 2 rings (SSSR count). The first kappa shape index (κ1) is 16.5.